The fourth-order valence-electron chi connectivity index (χ4n) is 4.36. The standard InChI is InChI=1S/C22H20N2O7/c1-2-30-22(27)20-15(17-7-4-8-31-17)10-16-19(21(20)26)14(11-18(25)23-16)12-5-3-6-13(9-12)24(28)29/h3-9,14-15,20H,2,10-11H2,1H3,(H,23,25)/t14-,15-,20-/m0/s1. The van der Waals surface area contributed by atoms with Gasteiger partial charge in [-0.3, -0.25) is 24.5 Å². The molecule has 1 amide bonds. The van der Waals surface area contributed by atoms with Crippen LogP contribution in [0.5, 0.6) is 0 Å². The van der Waals surface area contributed by atoms with Crippen LogP contribution in [0.4, 0.5) is 5.69 Å². The maximum atomic E-state index is 13.6. The lowest BCUT2D eigenvalue weighted by atomic mass is 9.69. The molecule has 0 fully saturated rings. The predicted molar refractivity (Wildman–Crippen MR) is 107 cm³/mol. The number of hydrogen-bond donors (Lipinski definition) is 1. The average molecular weight is 424 g/mol. The number of allylic oxidation sites excluding steroid dienone is 2. The normalized spacial score (nSPS) is 23.2. The van der Waals surface area contributed by atoms with Gasteiger partial charge in [-0.2, -0.15) is 0 Å². The van der Waals surface area contributed by atoms with E-state index in [0.29, 0.717) is 22.6 Å². The van der Waals surface area contributed by atoms with Crippen LogP contribution in [0.15, 0.2) is 58.3 Å². The number of ether oxygens (including phenoxy) is 1. The van der Waals surface area contributed by atoms with Crippen molar-refractivity contribution in [2.45, 2.75) is 31.6 Å². The van der Waals surface area contributed by atoms with Crippen LogP contribution in [-0.2, 0) is 19.1 Å². The number of nitro benzene ring substituents is 1. The molecular weight excluding hydrogens is 404 g/mol. The number of rotatable bonds is 5. The molecule has 2 heterocycles. The van der Waals surface area contributed by atoms with Crippen molar-refractivity contribution in [2.24, 2.45) is 5.92 Å². The third kappa shape index (κ3) is 3.74. The number of ketones is 1. The van der Waals surface area contributed by atoms with Crippen LogP contribution in [0, 0.1) is 16.0 Å². The Morgan fingerprint density at radius 2 is 2.06 bits per heavy atom. The molecule has 0 saturated heterocycles. The Labute approximate surface area is 177 Å². The third-order valence-electron chi connectivity index (χ3n) is 5.66. The molecule has 1 aromatic carbocycles. The monoisotopic (exact) mass is 424 g/mol. The molecule has 1 N–H and O–H groups in total. The van der Waals surface area contributed by atoms with Crippen molar-refractivity contribution in [3.05, 3.63) is 75.4 Å². The summed E-state index contributed by atoms with van der Waals surface area (Å²) in [5.74, 6) is -3.40. The summed E-state index contributed by atoms with van der Waals surface area (Å²) in [6, 6.07) is 9.21. The van der Waals surface area contributed by atoms with Gasteiger partial charge in [0.25, 0.3) is 5.69 Å². The van der Waals surface area contributed by atoms with Gasteiger partial charge in [0, 0.05) is 41.7 Å². The van der Waals surface area contributed by atoms with Crippen LogP contribution >= 0.6 is 0 Å². The second-order valence-electron chi connectivity index (χ2n) is 7.47. The molecule has 31 heavy (non-hydrogen) atoms. The molecule has 1 aliphatic heterocycles. The van der Waals surface area contributed by atoms with Crippen molar-refractivity contribution < 1.29 is 28.5 Å². The number of esters is 1. The maximum absolute atomic E-state index is 13.6. The number of carbonyl (C=O) groups excluding carboxylic acids is 3. The smallest absolute Gasteiger partial charge is 0.317 e. The van der Waals surface area contributed by atoms with Crippen LogP contribution < -0.4 is 5.32 Å². The number of Topliss-reactive ketones (excluding diaryl/α,β-unsaturated/α-hetero) is 1. The number of benzene rings is 1. The lowest BCUT2D eigenvalue weighted by Gasteiger charge is -2.37. The fraction of sp³-hybridized carbons (Fsp3) is 0.318. The zero-order chi connectivity index (χ0) is 22.1. The molecule has 0 spiro atoms. The van der Waals surface area contributed by atoms with Crippen molar-refractivity contribution in [1.82, 2.24) is 5.32 Å². The minimum atomic E-state index is -1.12. The van der Waals surface area contributed by atoms with Gasteiger partial charge in [-0.25, -0.2) is 0 Å². The zero-order valence-electron chi connectivity index (χ0n) is 16.7. The van der Waals surface area contributed by atoms with Gasteiger partial charge in [-0.05, 0) is 31.0 Å². The minimum absolute atomic E-state index is 0.0489. The molecule has 2 aliphatic rings. The summed E-state index contributed by atoms with van der Waals surface area (Å²) in [4.78, 5) is 49.5. The summed E-state index contributed by atoms with van der Waals surface area (Å²) in [6.45, 7) is 1.77. The molecule has 0 saturated carbocycles. The fourth-order valence-corrected chi connectivity index (χ4v) is 4.36. The number of nitrogens with one attached hydrogen (secondary N) is 1. The van der Waals surface area contributed by atoms with Gasteiger partial charge in [0.2, 0.25) is 5.91 Å². The van der Waals surface area contributed by atoms with E-state index in [2.05, 4.69) is 5.32 Å². The highest BCUT2D eigenvalue weighted by atomic mass is 16.6. The van der Waals surface area contributed by atoms with Crippen molar-refractivity contribution >= 4 is 23.3 Å². The first kappa shape index (κ1) is 20.5. The van der Waals surface area contributed by atoms with Gasteiger partial charge in [0.05, 0.1) is 17.8 Å². The van der Waals surface area contributed by atoms with E-state index < -0.39 is 34.4 Å². The summed E-state index contributed by atoms with van der Waals surface area (Å²) in [6.07, 6.45) is 1.61. The number of carbonyl (C=O) groups is 3. The number of amides is 1. The number of nitrogens with zero attached hydrogens (tertiary/aromatic N) is 1. The molecule has 0 unspecified atom stereocenters. The minimum Gasteiger partial charge on any atom is -0.469 e. The van der Waals surface area contributed by atoms with Crippen molar-refractivity contribution in [2.75, 3.05) is 6.61 Å². The summed E-state index contributed by atoms with van der Waals surface area (Å²) in [7, 11) is 0. The molecule has 1 aromatic heterocycles. The van der Waals surface area contributed by atoms with Crippen LogP contribution in [0.25, 0.3) is 0 Å². The summed E-state index contributed by atoms with van der Waals surface area (Å²) < 4.78 is 10.6. The molecule has 1 aliphatic carbocycles. The summed E-state index contributed by atoms with van der Waals surface area (Å²) >= 11 is 0. The third-order valence-corrected chi connectivity index (χ3v) is 5.66. The van der Waals surface area contributed by atoms with Gasteiger partial charge < -0.3 is 14.5 Å². The lowest BCUT2D eigenvalue weighted by Crippen LogP contribution is -2.44. The molecule has 3 atom stereocenters. The highest BCUT2D eigenvalue weighted by Crippen LogP contribution is 2.46. The van der Waals surface area contributed by atoms with Gasteiger partial charge in [-0.1, -0.05) is 12.1 Å². The predicted octanol–water partition coefficient (Wildman–Crippen LogP) is 2.98. The van der Waals surface area contributed by atoms with Gasteiger partial charge in [0.1, 0.15) is 11.7 Å². The molecule has 2 aromatic rings. The Bertz CT molecular complexity index is 1090. The molecule has 9 nitrogen and oxygen atoms in total. The van der Waals surface area contributed by atoms with E-state index in [-0.39, 0.29) is 31.0 Å². The van der Waals surface area contributed by atoms with Crippen molar-refractivity contribution in [1.29, 1.82) is 0 Å². The van der Waals surface area contributed by atoms with Crippen molar-refractivity contribution in [3.8, 4) is 0 Å². The highest BCUT2D eigenvalue weighted by molar-refractivity contribution is 6.12. The van der Waals surface area contributed by atoms with E-state index >= 15 is 0 Å². The SMILES string of the molecule is CCOC(=O)[C@@H]1C(=O)C2=C(C[C@H]1c1ccco1)NC(=O)C[C@H]2c1cccc([N+](=O)[O-])c1. The number of non-ortho nitro benzene ring substituents is 1. The number of nitro groups is 1. The molecule has 4 rings (SSSR count). The first-order valence-corrected chi connectivity index (χ1v) is 9.92. The van der Waals surface area contributed by atoms with Crippen molar-refractivity contribution in [3.63, 3.8) is 0 Å². The van der Waals surface area contributed by atoms with E-state index in [0.717, 1.165) is 0 Å². The Balaban J connectivity index is 1.82. The van der Waals surface area contributed by atoms with Crippen LogP contribution in [0.3, 0.4) is 0 Å². The highest BCUT2D eigenvalue weighted by Gasteiger charge is 2.48. The number of furan rings is 1. The molecule has 0 radical (unpaired) electrons. The molecule has 9 heteroatoms. The van der Waals surface area contributed by atoms with Gasteiger partial charge >= 0.3 is 5.97 Å². The van der Waals surface area contributed by atoms with E-state index in [4.69, 9.17) is 9.15 Å². The second kappa shape index (κ2) is 8.17. The Hall–Kier alpha value is -3.75. The maximum Gasteiger partial charge on any atom is 0.317 e. The quantitative estimate of drug-likeness (QED) is 0.338. The lowest BCUT2D eigenvalue weighted by molar-refractivity contribution is -0.384. The number of hydrogen-bond acceptors (Lipinski definition) is 7. The van der Waals surface area contributed by atoms with E-state index in [1.165, 1.54) is 24.5 Å². The largest absolute Gasteiger partial charge is 0.469 e. The van der Waals surface area contributed by atoms with E-state index in [9.17, 15) is 24.5 Å². The summed E-state index contributed by atoms with van der Waals surface area (Å²) in [5.41, 5.74) is 1.05. The topological polar surface area (TPSA) is 129 Å². The van der Waals surface area contributed by atoms with Crippen LogP contribution in [0.1, 0.15) is 42.9 Å². The van der Waals surface area contributed by atoms with Gasteiger partial charge in [-0.15, -0.1) is 0 Å². The van der Waals surface area contributed by atoms with E-state index in [1.54, 1.807) is 25.1 Å². The zero-order valence-corrected chi connectivity index (χ0v) is 16.7. The summed E-state index contributed by atoms with van der Waals surface area (Å²) in [5, 5.41) is 14.0. The molecule has 160 valence electrons. The first-order chi connectivity index (χ1) is 14.9. The average Bonchev–Trinajstić information content (AvgIpc) is 3.27. The van der Waals surface area contributed by atoms with Gasteiger partial charge in [0.15, 0.2) is 5.78 Å². The Morgan fingerprint density at radius 3 is 2.74 bits per heavy atom. The molecule has 0 bridgehead atoms. The second-order valence-corrected chi connectivity index (χ2v) is 7.47. The van der Waals surface area contributed by atoms with E-state index in [1.807, 2.05) is 0 Å². The van der Waals surface area contributed by atoms with Crippen LogP contribution in [-0.4, -0.2) is 29.2 Å². The Morgan fingerprint density at radius 1 is 1.26 bits per heavy atom. The Kier molecular flexibility index (Phi) is 5.41. The first-order valence-electron chi connectivity index (χ1n) is 9.92. The van der Waals surface area contributed by atoms with Crippen LogP contribution in [0.2, 0.25) is 0 Å². The molecular formula is C22H20N2O7.